The lowest BCUT2D eigenvalue weighted by Crippen LogP contribution is -2.12. The highest BCUT2D eigenvalue weighted by Gasteiger charge is 2.05. The second-order valence-electron chi connectivity index (χ2n) is 4.34. The summed E-state index contributed by atoms with van der Waals surface area (Å²) in [4.78, 5) is 12.5. The summed E-state index contributed by atoms with van der Waals surface area (Å²) < 4.78 is 26.0. The zero-order valence-electron chi connectivity index (χ0n) is 11.1. The first kappa shape index (κ1) is 15.3. The third-order valence-electron chi connectivity index (χ3n) is 2.67. The van der Waals surface area contributed by atoms with Gasteiger partial charge in [-0.15, -0.1) is 11.8 Å². The van der Waals surface area contributed by atoms with Gasteiger partial charge in [-0.2, -0.15) is 0 Å². The SMILES string of the molecule is Nc1cc(NC(=O)CCSc2cccc(F)c2)ccc1F. The fourth-order valence-electron chi connectivity index (χ4n) is 1.66. The van der Waals surface area contributed by atoms with E-state index < -0.39 is 5.82 Å². The highest BCUT2D eigenvalue weighted by Crippen LogP contribution is 2.20. The van der Waals surface area contributed by atoms with E-state index in [1.54, 1.807) is 12.1 Å². The molecule has 21 heavy (non-hydrogen) atoms. The van der Waals surface area contributed by atoms with Crippen LogP contribution < -0.4 is 11.1 Å². The van der Waals surface area contributed by atoms with E-state index in [0.717, 1.165) is 4.90 Å². The van der Waals surface area contributed by atoms with Crippen LogP contribution in [0.3, 0.4) is 0 Å². The Morgan fingerprint density at radius 3 is 2.71 bits per heavy atom. The molecule has 0 saturated carbocycles. The van der Waals surface area contributed by atoms with Crippen molar-refractivity contribution >= 4 is 29.0 Å². The molecule has 0 aliphatic rings. The van der Waals surface area contributed by atoms with Crippen molar-refractivity contribution in [2.45, 2.75) is 11.3 Å². The zero-order chi connectivity index (χ0) is 15.2. The lowest BCUT2D eigenvalue weighted by molar-refractivity contribution is -0.115. The first-order valence-corrected chi connectivity index (χ1v) is 7.26. The summed E-state index contributed by atoms with van der Waals surface area (Å²) >= 11 is 1.39. The number of anilines is 2. The molecule has 2 rings (SSSR count). The largest absolute Gasteiger partial charge is 0.396 e. The quantitative estimate of drug-likeness (QED) is 0.654. The third kappa shape index (κ3) is 4.75. The van der Waals surface area contributed by atoms with Crippen LogP contribution in [0.5, 0.6) is 0 Å². The molecule has 1 amide bonds. The molecule has 3 N–H and O–H groups in total. The van der Waals surface area contributed by atoms with Gasteiger partial charge in [0.25, 0.3) is 0 Å². The van der Waals surface area contributed by atoms with E-state index in [9.17, 15) is 13.6 Å². The molecule has 0 heterocycles. The Kier molecular flexibility index (Phi) is 5.16. The Hall–Kier alpha value is -2.08. The predicted molar refractivity (Wildman–Crippen MR) is 81.2 cm³/mol. The molecule has 2 aromatic carbocycles. The van der Waals surface area contributed by atoms with E-state index in [-0.39, 0.29) is 23.8 Å². The van der Waals surface area contributed by atoms with E-state index in [2.05, 4.69) is 5.32 Å². The zero-order valence-corrected chi connectivity index (χ0v) is 11.9. The van der Waals surface area contributed by atoms with E-state index in [0.29, 0.717) is 11.4 Å². The first-order chi connectivity index (χ1) is 10.0. The van der Waals surface area contributed by atoms with Crippen LogP contribution in [0.15, 0.2) is 47.4 Å². The molecule has 0 spiro atoms. The number of hydrogen-bond donors (Lipinski definition) is 2. The average molecular weight is 308 g/mol. The maximum absolute atomic E-state index is 13.0. The molecule has 0 radical (unpaired) electrons. The van der Waals surface area contributed by atoms with Crippen LogP contribution in [0.2, 0.25) is 0 Å². The summed E-state index contributed by atoms with van der Waals surface area (Å²) in [6.07, 6.45) is 0.262. The van der Waals surface area contributed by atoms with Gasteiger partial charge in [-0.25, -0.2) is 8.78 Å². The number of rotatable bonds is 5. The maximum atomic E-state index is 13.0. The van der Waals surface area contributed by atoms with Gasteiger partial charge in [0.1, 0.15) is 11.6 Å². The van der Waals surface area contributed by atoms with Crippen molar-refractivity contribution in [1.82, 2.24) is 0 Å². The number of nitrogens with two attached hydrogens (primary N) is 1. The van der Waals surface area contributed by atoms with Gasteiger partial charge in [-0.05, 0) is 36.4 Å². The summed E-state index contributed by atoms with van der Waals surface area (Å²) in [6.45, 7) is 0. The summed E-state index contributed by atoms with van der Waals surface area (Å²) in [5.41, 5.74) is 5.86. The van der Waals surface area contributed by atoms with Crippen molar-refractivity contribution in [1.29, 1.82) is 0 Å². The molecule has 0 atom stereocenters. The van der Waals surface area contributed by atoms with Gasteiger partial charge in [0, 0.05) is 22.8 Å². The molecule has 110 valence electrons. The van der Waals surface area contributed by atoms with Crippen LogP contribution in [0.25, 0.3) is 0 Å². The van der Waals surface area contributed by atoms with Crippen LogP contribution in [-0.4, -0.2) is 11.7 Å². The lowest BCUT2D eigenvalue weighted by atomic mass is 10.2. The van der Waals surface area contributed by atoms with E-state index in [4.69, 9.17) is 5.73 Å². The van der Waals surface area contributed by atoms with Gasteiger partial charge in [0.15, 0.2) is 0 Å². The summed E-state index contributed by atoms with van der Waals surface area (Å²) in [5.74, 6) is -0.503. The summed E-state index contributed by atoms with van der Waals surface area (Å²) in [7, 11) is 0. The van der Waals surface area contributed by atoms with Gasteiger partial charge in [-0.1, -0.05) is 6.07 Å². The molecule has 0 unspecified atom stereocenters. The van der Waals surface area contributed by atoms with Crippen molar-refractivity contribution in [3.8, 4) is 0 Å². The normalized spacial score (nSPS) is 10.4. The number of thioether (sulfide) groups is 1. The van der Waals surface area contributed by atoms with Crippen LogP contribution in [0, 0.1) is 11.6 Å². The molecule has 0 aliphatic carbocycles. The fourth-order valence-corrected chi connectivity index (χ4v) is 2.56. The molecule has 0 saturated heterocycles. The number of nitrogens with one attached hydrogen (secondary N) is 1. The molecular weight excluding hydrogens is 294 g/mol. The van der Waals surface area contributed by atoms with Gasteiger partial charge in [-0.3, -0.25) is 4.79 Å². The number of amides is 1. The Morgan fingerprint density at radius 1 is 1.19 bits per heavy atom. The second-order valence-corrected chi connectivity index (χ2v) is 5.51. The van der Waals surface area contributed by atoms with Crippen molar-refractivity contribution in [3.63, 3.8) is 0 Å². The van der Waals surface area contributed by atoms with Gasteiger partial charge >= 0.3 is 0 Å². The Bertz CT molecular complexity index is 649. The minimum atomic E-state index is -0.519. The number of nitrogen functional groups attached to an aromatic ring is 1. The van der Waals surface area contributed by atoms with Gasteiger partial charge < -0.3 is 11.1 Å². The molecule has 0 aromatic heterocycles. The number of hydrogen-bond acceptors (Lipinski definition) is 3. The monoisotopic (exact) mass is 308 g/mol. The maximum Gasteiger partial charge on any atom is 0.225 e. The smallest absolute Gasteiger partial charge is 0.225 e. The van der Waals surface area contributed by atoms with Crippen molar-refractivity contribution in [3.05, 3.63) is 54.1 Å². The summed E-state index contributed by atoms with van der Waals surface area (Å²) in [6, 6.07) is 10.2. The molecule has 2 aromatic rings. The standard InChI is InChI=1S/C15H14F2N2OS/c16-10-2-1-3-12(8-10)21-7-6-15(20)19-11-4-5-13(17)14(18)9-11/h1-5,8-9H,6-7,18H2,(H,19,20). The highest BCUT2D eigenvalue weighted by atomic mass is 32.2. The number of carbonyl (C=O) groups is 1. The van der Waals surface area contributed by atoms with Crippen LogP contribution in [0.1, 0.15) is 6.42 Å². The molecule has 3 nitrogen and oxygen atoms in total. The predicted octanol–water partition coefficient (Wildman–Crippen LogP) is 3.67. The van der Waals surface area contributed by atoms with Crippen molar-refractivity contribution in [2.24, 2.45) is 0 Å². The van der Waals surface area contributed by atoms with Crippen LogP contribution >= 0.6 is 11.8 Å². The van der Waals surface area contributed by atoms with Crippen molar-refractivity contribution < 1.29 is 13.6 Å². The minimum absolute atomic E-state index is 0.0121. The number of carbonyl (C=O) groups excluding carboxylic acids is 1. The topological polar surface area (TPSA) is 55.1 Å². The van der Waals surface area contributed by atoms with E-state index in [1.165, 1.54) is 42.1 Å². The number of halogens is 2. The van der Waals surface area contributed by atoms with Gasteiger partial charge in [0.05, 0.1) is 5.69 Å². The Labute approximate surface area is 125 Å². The third-order valence-corrected chi connectivity index (χ3v) is 3.67. The van der Waals surface area contributed by atoms with E-state index >= 15 is 0 Å². The fraction of sp³-hybridized carbons (Fsp3) is 0.133. The summed E-state index contributed by atoms with van der Waals surface area (Å²) in [5, 5.41) is 2.63. The van der Waals surface area contributed by atoms with Crippen LogP contribution in [0.4, 0.5) is 20.2 Å². The van der Waals surface area contributed by atoms with E-state index in [1.807, 2.05) is 0 Å². The molecule has 0 bridgehead atoms. The Balaban J connectivity index is 1.81. The molecule has 0 fully saturated rings. The lowest BCUT2D eigenvalue weighted by Gasteiger charge is -2.06. The molecule has 6 heteroatoms. The minimum Gasteiger partial charge on any atom is -0.396 e. The van der Waals surface area contributed by atoms with Crippen molar-refractivity contribution in [2.75, 3.05) is 16.8 Å². The molecule has 0 aliphatic heterocycles. The van der Waals surface area contributed by atoms with Crippen LogP contribution in [-0.2, 0) is 4.79 Å². The number of benzene rings is 2. The molecular formula is C15H14F2N2OS. The second kappa shape index (κ2) is 7.08. The Morgan fingerprint density at radius 2 is 2.00 bits per heavy atom. The average Bonchev–Trinajstić information content (AvgIpc) is 2.43. The first-order valence-electron chi connectivity index (χ1n) is 6.28. The highest BCUT2D eigenvalue weighted by molar-refractivity contribution is 7.99. The van der Waals surface area contributed by atoms with Gasteiger partial charge in [0.2, 0.25) is 5.91 Å².